The Bertz CT molecular complexity index is 513. The fourth-order valence-electron chi connectivity index (χ4n) is 2.65. The zero-order valence-electron chi connectivity index (χ0n) is 13.1. The summed E-state index contributed by atoms with van der Waals surface area (Å²) in [4.78, 5) is 14.1. The van der Waals surface area contributed by atoms with Gasteiger partial charge in [-0.15, -0.1) is 12.4 Å². The molecule has 7 heteroatoms. The molecule has 1 heterocycles. The van der Waals surface area contributed by atoms with Crippen LogP contribution < -0.4 is 10.5 Å². The highest BCUT2D eigenvalue weighted by atomic mass is 35.5. The van der Waals surface area contributed by atoms with Crippen LogP contribution in [0, 0.1) is 5.41 Å². The third-order valence-corrected chi connectivity index (χ3v) is 4.18. The van der Waals surface area contributed by atoms with E-state index in [1.54, 1.807) is 12.1 Å². The maximum absolute atomic E-state index is 12.2. The number of hydrogen-bond acceptors (Lipinski definition) is 3. The van der Waals surface area contributed by atoms with Gasteiger partial charge in [0.2, 0.25) is 5.91 Å². The quantitative estimate of drug-likeness (QED) is 0.860. The highest BCUT2D eigenvalue weighted by Gasteiger charge is 2.34. The lowest BCUT2D eigenvalue weighted by Gasteiger charge is -2.22. The maximum atomic E-state index is 12.2. The number of amides is 1. The van der Waals surface area contributed by atoms with Crippen molar-refractivity contribution in [2.75, 3.05) is 19.6 Å². The van der Waals surface area contributed by atoms with Gasteiger partial charge in [-0.3, -0.25) is 4.79 Å². The van der Waals surface area contributed by atoms with E-state index in [4.69, 9.17) is 5.73 Å². The topological polar surface area (TPSA) is 55.6 Å². The Morgan fingerprint density at radius 3 is 2.57 bits per heavy atom. The maximum Gasteiger partial charge on any atom is 0.387 e. The Labute approximate surface area is 141 Å². The van der Waals surface area contributed by atoms with Gasteiger partial charge in [-0.25, -0.2) is 0 Å². The number of likely N-dealkylation sites (tertiary alicyclic amines) is 1. The first-order valence-electron chi connectivity index (χ1n) is 7.43. The Morgan fingerprint density at radius 2 is 2.04 bits per heavy atom. The second kappa shape index (κ2) is 8.45. The van der Waals surface area contributed by atoms with Gasteiger partial charge in [0, 0.05) is 19.5 Å². The van der Waals surface area contributed by atoms with Crippen LogP contribution in [0.15, 0.2) is 24.3 Å². The van der Waals surface area contributed by atoms with Gasteiger partial charge in [-0.1, -0.05) is 19.1 Å². The summed E-state index contributed by atoms with van der Waals surface area (Å²) in [5, 5.41) is 0. The van der Waals surface area contributed by atoms with E-state index in [1.165, 1.54) is 12.1 Å². The first-order chi connectivity index (χ1) is 10.4. The van der Waals surface area contributed by atoms with Gasteiger partial charge in [0.25, 0.3) is 0 Å². The van der Waals surface area contributed by atoms with Gasteiger partial charge >= 0.3 is 6.61 Å². The molecule has 0 aliphatic carbocycles. The number of benzene rings is 1. The van der Waals surface area contributed by atoms with E-state index in [0.29, 0.717) is 25.9 Å². The number of hydrogen-bond donors (Lipinski definition) is 1. The molecule has 0 radical (unpaired) electrons. The van der Waals surface area contributed by atoms with E-state index in [0.717, 1.165) is 18.5 Å². The molecule has 1 aliphatic rings. The number of alkyl halides is 2. The summed E-state index contributed by atoms with van der Waals surface area (Å²) in [6.45, 7) is 1.33. The molecule has 0 spiro atoms. The highest BCUT2D eigenvalue weighted by Crippen LogP contribution is 2.29. The molecule has 23 heavy (non-hydrogen) atoms. The molecule has 0 bridgehead atoms. The predicted octanol–water partition coefficient (Wildman–Crippen LogP) is 2.84. The first-order valence-corrected chi connectivity index (χ1v) is 7.43. The number of carbonyl (C=O) groups is 1. The van der Waals surface area contributed by atoms with Crippen LogP contribution in [0.4, 0.5) is 8.78 Å². The molecule has 1 aromatic carbocycles. The third kappa shape index (κ3) is 5.62. The lowest BCUT2D eigenvalue weighted by atomic mass is 9.90. The van der Waals surface area contributed by atoms with Crippen molar-refractivity contribution in [2.45, 2.75) is 32.8 Å². The molecular weight excluding hydrogens is 326 g/mol. The number of ether oxygens (including phenoxy) is 1. The standard InChI is InChI=1S/C16H22F2N2O2.ClH/c1-16(10-19)8-9-20(11-16)14(21)7-4-12-2-5-13(6-3-12)22-15(17)18;/h2-3,5-6,15H,4,7-11,19H2,1H3;1H. The van der Waals surface area contributed by atoms with E-state index in [2.05, 4.69) is 11.7 Å². The van der Waals surface area contributed by atoms with Crippen molar-refractivity contribution in [3.05, 3.63) is 29.8 Å². The summed E-state index contributed by atoms with van der Waals surface area (Å²) in [5.41, 5.74) is 6.70. The number of carbonyl (C=O) groups excluding carboxylic acids is 1. The van der Waals surface area contributed by atoms with Gasteiger partial charge in [0.05, 0.1) is 0 Å². The van der Waals surface area contributed by atoms with E-state index >= 15 is 0 Å². The predicted molar refractivity (Wildman–Crippen MR) is 87.0 cm³/mol. The summed E-state index contributed by atoms with van der Waals surface area (Å²) >= 11 is 0. The van der Waals surface area contributed by atoms with Crippen LogP contribution in [0.1, 0.15) is 25.3 Å². The monoisotopic (exact) mass is 348 g/mol. The minimum Gasteiger partial charge on any atom is -0.435 e. The minimum absolute atomic E-state index is 0. The second-order valence-corrected chi connectivity index (χ2v) is 6.10. The van der Waals surface area contributed by atoms with E-state index in [-0.39, 0.29) is 29.5 Å². The van der Waals surface area contributed by atoms with Crippen LogP contribution in [-0.4, -0.2) is 37.1 Å². The molecule has 2 rings (SSSR count). The molecule has 2 N–H and O–H groups in total. The van der Waals surface area contributed by atoms with Crippen molar-refractivity contribution in [2.24, 2.45) is 11.1 Å². The summed E-state index contributed by atoms with van der Waals surface area (Å²) in [6, 6.07) is 6.40. The van der Waals surface area contributed by atoms with E-state index in [1.807, 2.05) is 4.90 Å². The normalized spacial score (nSPS) is 20.5. The van der Waals surface area contributed by atoms with Crippen LogP contribution >= 0.6 is 12.4 Å². The Morgan fingerprint density at radius 1 is 1.39 bits per heavy atom. The molecule has 1 saturated heterocycles. The van der Waals surface area contributed by atoms with Crippen molar-refractivity contribution in [1.29, 1.82) is 0 Å². The molecule has 130 valence electrons. The Balaban J connectivity index is 0.00000264. The van der Waals surface area contributed by atoms with Crippen molar-refractivity contribution in [1.82, 2.24) is 4.90 Å². The summed E-state index contributed by atoms with van der Waals surface area (Å²) in [7, 11) is 0. The second-order valence-electron chi connectivity index (χ2n) is 6.10. The summed E-state index contributed by atoms with van der Waals surface area (Å²) in [6.07, 6.45) is 1.94. The highest BCUT2D eigenvalue weighted by molar-refractivity contribution is 5.85. The largest absolute Gasteiger partial charge is 0.435 e. The molecule has 1 fully saturated rings. The molecule has 1 unspecified atom stereocenters. The molecule has 1 amide bonds. The van der Waals surface area contributed by atoms with Crippen LogP contribution in [0.3, 0.4) is 0 Å². The fraction of sp³-hybridized carbons (Fsp3) is 0.562. The van der Waals surface area contributed by atoms with Crippen LogP contribution in [-0.2, 0) is 11.2 Å². The van der Waals surface area contributed by atoms with Crippen molar-refractivity contribution >= 4 is 18.3 Å². The smallest absolute Gasteiger partial charge is 0.387 e. The van der Waals surface area contributed by atoms with E-state index in [9.17, 15) is 13.6 Å². The number of aryl methyl sites for hydroxylation is 1. The summed E-state index contributed by atoms with van der Waals surface area (Å²) in [5.74, 6) is 0.244. The molecule has 0 saturated carbocycles. The number of rotatable bonds is 6. The average Bonchev–Trinajstić information content (AvgIpc) is 2.89. The zero-order chi connectivity index (χ0) is 16.2. The number of nitrogens with zero attached hydrogens (tertiary/aromatic N) is 1. The van der Waals surface area contributed by atoms with Crippen molar-refractivity contribution in [3.8, 4) is 5.75 Å². The zero-order valence-corrected chi connectivity index (χ0v) is 14.0. The number of halogens is 3. The summed E-state index contributed by atoms with van der Waals surface area (Å²) < 4.78 is 28.4. The lowest BCUT2D eigenvalue weighted by Crippen LogP contribution is -2.34. The molecule has 1 aromatic rings. The third-order valence-electron chi connectivity index (χ3n) is 4.18. The van der Waals surface area contributed by atoms with E-state index < -0.39 is 6.61 Å². The fourth-order valence-corrected chi connectivity index (χ4v) is 2.65. The molecule has 1 aliphatic heterocycles. The van der Waals surface area contributed by atoms with Gasteiger partial charge < -0.3 is 15.4 Å². The lowest BCUT2D eigenvalue weighted by molar-refractivity contribution is -0.130. The van der Waals surface area contributed by atoms with Crippen LogP contribution in [0.2, 0.25) is 0 Å². The molecule has 4 nitrogen and oxygen atoms in total. The molecular formula is C16H23ClF2N2O2. The van der Waals surface area contributed by atoms with Crippen molar-refractivity contribution in [3.63, 3.8) is 0 Å². The Hall–Kier alpha value is -1.40. The van der Waals surface area contributed by atoms with Gasteiger partial charge in [0.1, 0.15) is 5.75 Å². The SMILES string of the molecule is CC1(CN)CCN(C(=O)CCc2ccc(OC(F)F)cc2)C1.Cl. The number of nitrogens with two attached hydrogens (primary N) is 1. The average molecular weight is 349 g/mol. The molecule has 0 aromatic heterocycles. The van der Waals surface area contributed by atoms with Gasteiger partial charge in [0.15, 0.2) is 0 Å². The Kier molecular flexibility index (Phi) is 7.22. The molecule has 1 atom stereocenters. The van der Waals surface area contributed by atoms with Gasteiger partial charge in [-0.05, 0) is 42.5 Å². The van der Waals surface area contributed by atoms with Gasteiger partial charge in [-0.2, -0.15) is 8.78 Å². The first kappa shape index (κ1) is 19.6. The minimum atomic E-state index is -2.82. The van der Waals surface area contributed by atoms with Crippen molar-refractivity contribution < 1.29 is 18.3 Å². The van der Waals surface area contributed by atoms with Crippen LogP contribution in [0.5, 0.6) is 5.75 Å². The van der Waals surface area contributed by atoms with Crippen LogP contribution in [0.25, 0.3) is 0 Å².